The SMILES string of the molecule is Cc1ccc(C#N)c(NCCCN(C)C)n1. The number of pyridine rings is 1. The molecule has 0 unspecified atom stereocenters. The molecule has 86 valence electrons. The normalized spacial score (nSPS) is 10.2. The van der Waals surface area contributed by atoms with Crippen molar-refractivity contribution in [3.8, 4) is 6.07 Å². The van der Waals surface area contributed by atoms with Crippen molar-refractivity contribution >= 4 is 5.82 Å². The summed E-state index contributed by atoms with van der Waals surface area (Å²) >= 11 is 0. The second-order valence-corrected chi connectivity index (χ2v) is 4.04. The van der Waals surface area contributed by atoms with Crippen molar-refractivity contribution in [1.29, 1.82) is 5.26 Å². The van der Waals surface area contributed by atoms with E-state index in [0.29, 0.717) is 11.4 Å². The highest BCUT2D eigenvalue weighted by Crippen LogP contribution is 2.11. The molecule has 0 fully saturated rings. The first kappa shape index (κ1) is 12.5. The molecular formula is C12H18N4. The summed E-state index contributed by atoms with van der Waals surface area (Å²) in [5.41, 5.74) is 1.53. The number of hydrogen-bond acceptors (Lipinski definition) is 4. The average molecular weight is 218 g/mol. The Morgan fingerprint density at radius 1 is 1.44 bits per heavy atom. The summed E-state index contributed by atoms with van der Waals surface area (Å²) in [6.07, 6.45) is 1.04. The molecule has 4 heteroatoms. The standard InChI is InChI=1S/C12H18N4/c1-10-5-6-11(9-13)12(15-10)14-7-4-8-16(2)3/h5-6H,4,7-8H2,1-3H3,(H,14,15). The number of hydrogen-bond donors (Lipinski definition) is 1. The number of nitriles is 1. The maximum absolute atomic E-state index is 8.92. The quantitative estimate of drug-likeness (QED) is 0.763. The second kappa shape index (κ2) is 6.09. The Morgan fingerprint density at radius 2 is 2.19 bits per heavy atom. The van der Waals surface area contributed by atoms with Gasteiger partial charge in [0, 0.05) is 12.2 Å². The van der Waals surface area contributed by atoms with Crippen molar-refractivity contribution in [1.82, 2.24) is 9.88 Å². The topological polar surface area (TPSA) is 52.0 Å². The second-order valence-electron chi connectivity index (χ2n) is 4.04. The van der Waals surface area contributed by atoms with Crippen molar-refractivity contribution in [2.45, 2.75) is 13.3 Å². The molecule has 0 amide bonds. The predicted molar refractivity (Wildman–Crippen MR) is 65.3 cm³/mol. The van der Waals surface area contributed by atoms with Crippen LogP contribution in [-0.4, -0.2) is 37.1 Å². The summed E-state index contributed by atoms with van der Waals surface area (Å²) in [5, 5.41) is 12.1. The lowest BCUT2D eigenvalue weighted by atomic mass is 10.2. The molecule has 4 nitrogen and oxygen atoms in total. The molecule has 0 bridgehead atoms. The van der Waals surface area contributed by atoms with Crippen molar-refractivity contribution in [3.63, 3.8) is 0 Å². The zero-order valence-electron chi connectivity index (χ0n) is 10.1. The molecule has 16 heavy (non-hydrogen) atoms. The molecule has 1 aromatic rings. The predicted octanol–water partition coefficient (Wildman–Crippen LogP) is 1.63. The lowest BCUT2D eigenvalue weighted by Gasteiger charge is -2.11. The number of aromatic nitrogens is 1. The van der Waals surface area contributed by atoms with Gasteiger partial charge >= 0.3 is 0 Å². The summed E-state index contributed by atoms with van der Waals surface area (Å²) in [6.45, 7) is 3.79. The third-order valence-electron chi connectivity index (χ3n) is 2.23. The molecule has 1 N–H and O–H groups in total. The highest BCUT2D eigenvalue weighted by Gasteiger charge is 2.02. The van der Waals surface area contributed by atoms with Gasteiger partial charge in [0.15, 0.2) is 0 Å². The number of rotatable bonds is 5. The van der Waals surface area contributed by atoms with E-state index in [9.17, 15) is 0 Å². The molecule has 0 spiro atoms. The van der Waals surface area contributed by atoms with Gasteiger partial charge in [-0.05, 0) is 46.1 Å². The van der Waals surface area contributed by atoms with E-state index < -0.39 is 0 Å². The molecule has 0 aliphatic heterocycles. The summed E-state index contributed by atoms with van der Waals surface area (Å²) in [7, 11) is 4.09. The number of nitrogens with one attached hydrogen (secondary N) is 1. The van der Waals surface area contributed by atoms with Gasteiger partial charge in [-0.2, -0.15) is 5.26 Å². The van der Waals surface area contributed by atoms with E-state index in [1.54, 1.807) is 6.07 Å². The van der Waals surface area contributed by atoms with Gasteiger partial charge in [-0.3, -0.25) is 0 Å². The molecule has 0 saturated heterocycles. The van der Waals surface area contributed by atoms with Gasteiger partial charge in [-0.25, -0.2) is 4.98 Å². The van der Waals surface area contributed by atoms with Gasteiger partial charge in [-0.15, -0.1) is 0 Å². The average Bonchev–Trinajstić information content (AvgIpc) is 2.24. The van der Waals surface area contributed by atoms with E-state index in [0.717, 1.165) is 25.2 Å². The van der Waals surface area contributed by atoms with E-state index in [4.69, 9.17) is 5.26 Å². The highest BCUT2D eigenvalue weighted by molar-refractivity contribution is 5.52. The maximum Gasteiger partial charge on any atom is 0.144 e. The number of nitrogens with zero attached hydrogens (tertiary/aromatic N) is 3. The van der Waals surface area contributed by atoms with Gasteiger partial charge in [0.05, 0.1) is 5.56 Å². The van der Waals surface area contributed by atoms with Gasteiger partial charge in [0.1, 0.15) is 11.9 Å². The van der Waals surface area contributed by atoms with Crippen LogP contribution in [0.3, 0.4) is 0 Å². The van der Waals surface area contributed by atoms with E-state index in [1.165, 1.54) is 0 Å². The minimum Gasteiger partial charge on any atom is -0.369 e. The molecule has 0 aromatic carbocycles. The van der Waals surface area contributed by atoms with Crippen LogP contribution in [0.5, 0.6) is 0 Å². The lowest BCUT2D eigenvalue weighted by molar-refractivity contribution is 0.405. The van der Waals surface area contributed by atoms with Crippen molar-refractivity contribution < 1.29 is 0 Å². The molecule has 0 saturated carbocycles. The number of aryl methyl sites for hydroxylation is 1. The molecular weight excluding hydrogens is 200 g/mol. The molecule has 0 radical (unpaired) electrons. The fraction of sp³-hybridized carbons (Fsp3) is 0.500. The van der Waals surface area contributed by atoms with E-state index >= 15 is 0 Å². The van der Waals surface area contributed by atoms with Gasteiger partial charge < -0.3 is 10.2 Å². The minimum absolute atomic E-state index is 0.607. The van der Waals surface area contributed by atoms with Crippen LogP contribution in [0, 0.1) is 18.3 Å². The van der Waals surface area contributed by atoms with Crippen LogP contribution in [0.2, 0.25) is 0 Å². The van der Waals surface area contributed by atoms with Crippen LogP contribution >= 0.6 is 0 Å². The van der Waals surface area contributed by atoms with Crippen LogP contribution in [0.4, 0.5) is 5.82 Å². The maximum atomic E-state index is 8.92. The Morgan fingerprint density at radius 3 is 2.81 bits per heavy atom. The van der Waals surface area contributed by atoms with Crippen LogP contribution in [0.15, 0.2) is 12.1 Å². The Hall–Kier alpha value is -1.60. The Kier molecular flexibility index (Phi) is 4.74. The van der Waals surface area contributed by atoms with Crippen LogP contribution in [0.1, 0.15) is 17.7 Å². The van der Waals surface area contributed by atoms with Crippen LogP contribution in [-0.2, 0) is 0 Å². The van der Waals surface area contributed by atoms with Gasteiger partial charge in [-0.1, -0.05) is 0 Å². The van der Waals surface area contributed by atoms with Crippen LogP contribution < -0.4 is 5.32 Å². The Bertz CT molecular complexity index is 379. The molecule has 0 atom stereocenters. The van der Waals surface area contributed by atoms with Gasteiger partial charge in [0.25, 0.3) is 0 Å². The lowest BCUT2D eigenvalue weighted by Crippen LogP contribution is -2.17. The van der Waals surface area contributed by atoms with E-state index in [1.807, 2.05) is 27.1 Å². The third-order valence-corrected chi connectivity index (χ3v) is 2.23. The Labute approximate surface area is 96.9 Å². The van der Waals surface area contributed by atoms with Crippen molar-refractivity contribution in [2.75, 3.05) is 32.5 Å². The first-order valence-corrected chi connectivity index (χ1v) is 5.40. The first-order chi connectivity index (χ1) is 7.63. The fourth-order valence-electron chi connectivity index (χ4n) is 1.38. The molecule has 0 aliphatic carbocycles. The largest absolute Gasteiger partial charge is 0.369 e. The third kappa shape index (κ3) is 3.87. The summed E-state index contributed by atoms with van der Waals surface area (Å²) in [4.78, 5) is 6.45. The van der Waals surface area contributed by atoms with E-state index in [-0.39, 0.29) is 0 Å². The number of anilines is 1. The smallest absolute Gasteiger partial charge is 0.144 e. The van der Waals surface area contributed by atoms with Crippen molar-refractivity contribution in [2.24, 2.45) is 0 Å². The first-order valence-electron chi connectivity index (χ1n) is 5.40. The summed E-state index contributed by atoms with van der Waals surface area (Å²) in [6, 6.07) is 5.79. The highest BCUT2D eigenvalue weighted by atomic mass is 15.1. The van der Waals surface area contributed by atoms with Gasteiger partial charge in [0.2, 0.25) is 0 Å². The molecule has 1 rings (SSSR count). The summed E-state index contributed by atoms with van der Waals surface area (Å²) < 4.78 is 0. The molecule has 0 aliphatic rings. The molecule has 1 aromatic heterocycles. The Balaban J connectivity index is 2.53. The van der Waals surface area contributed by atoms with Crippen molar-refractivity contribution in [3.05, 3.63) is 23.4 Å². The zero-order valence-corrected chi connectivity index (χ0v) is 10.1. The monoisotopic (exact) mass is 218 g/mol. The van der Waals surface area contributed by atoms with Crippen LogP contribution in [0.25, 0.3) is 0 Å². The fourth-order valence-corrected chi connectivity index (χ4v) is 1.38. The molecule has 1 heterocycles. The zero-order chi connectivity index (χ0) is 12.0. The minimum atomic E-state index is 0.607. The summed E-state index contributed by atoms with van der Waals surface area (Å²) in [5.74, 6) is 0.696. The van der Waals surface area contributed by atoms with E-state index in [2.05, 4.69) is 21.3 Å².